The van der Waals surface area contributed by atoms with Gasteiger partial charge in [-0.15, -0.1) is 0 Å². The lowest BCUT2D eigenvalue weighted by molar-refractivity contribution is -0.121. The maximum absolute atomic E-state index is 12.6. The summed E-state index contributed by atoms with van der Waals surface area (Å²) in [5, 5.41) is 3.69. The monoisotopic (exact) mass is 443 g/mol. The van der Waals surface area contributed by atoms with Crippen molar-refractivity contribution in [2.24, 2.45) is 0 Å². The van der Waals surface area contributed by atoms with Crippen LogP contribution in [-0.2, 0) is 14.6 Å². The first-order valence-corrected chi connectivity index (χ1v) is 11.0. The highest BCUT2D eigenvalue weighted by molar-refractivity contribution is 7.91. The minimum Gasteiger partial charge on any atom is -0.486 e. The summed E-state index contributed by atoms with van der Waals surface area (Å²) in [6, 6.07) is 9.06. The summed E-state index contributed by atoms with van der Waals surface area (Å²) >= 11 is 12.0. The van der Waals surface area contributed by atoms with E-state index in [1.165, 1.54) is 12.1 Å². The molecule has 0 saturated heterocycles. The van der Waals surface area contributed by atoms with Gasteiger partial charge >= 0.3 is 0 Å². The van der Waals surface area contributed by atoms with E-state index in [4.69, 9.17) is 32.7 Å². The Morgan fingerprint density at radius 1 is 1.11 bits per heavy atom. The highest BCUT2D eigenvalue weighted by Crippen LogP contribution is 2.32. The molecule has 1 aliphatic rings. The van der Waals surface area contributed by atoms with E-state index in [2.05, 4.69) is 5.32 Å². The van der Waals surface area contributed by atoms with Crippen LogP contribution in [0.3, 0.4) is 0 Å². The summed E-state index contributed by atoms with van der Waals surface area (Å²) in [6.07, 6.45) is -0.174. The number of halogens is 2. The van der Waals surface area contributed by atoms with Crippen molar-refractivity contribution in [2.75, 3.05) is 19.0 Å². The zero-order valence-electron chi connectivity index (χ0n) is 15.1. The number of rotatable bonds is 6. The largest absolute Gasteiger partial charge is 0.486 e. The molecule has 0 aromatic heterocycles. The van der Waals surface area contributed by atoms with E-state index in [0.717, 1.165) is 0 Å². The third-order valence-corrected chi connectivity index (χ3v) is 6.55. The number of hydrogen-bond donors (Lipinski definition) is 1. The third-order valence-electron chi connectivity index (χ3n) is 4.28. The maximum Gasteiger partial charge on any atom is 0.221 e. The molecular formula is C19H19Cl2NO5S. The zero-order chi connectivity index (χ0) is 20.3. The fourth-order valence-corrected chi connectivity index (χ4v) is 4.63. The normalized spacial score (nSPS) is 14.4. The lowest BCUT2D eigenvalue weighted by atomic mass is 10.1. The summed E-state index contributed by atoms with van der Waals surface area (Å²) in [5.74, 6) is 0.193. The molecule has 0 bridgehead atoms. The molecule has 0 fully saturated rings. The number of carbonyl (C=O) groups is 1. The Morgan fingerprint density at radius 3 is 2.54 bits per heavy atom. The number of ether oxygens (including phenoxy) is 2. The van der Waals surface area contributed by atoms with Crippen molar-refractivity contribution in [2.45, 2.75) is 24.3 Å². The SMILES string of the molecule is C[C@H](NC(=O)CCS(=O)(=O)c1ccc2c(c1)OCCO2)c1ccc(Cl)cc1Cl. The van der Waals surface area contributed by atoms with Gasteiger partial charge in [0.1, 0.15) is 13.2 Å². The van der Waals surface area contributed by atoms with Crippen LogP contribution in [-0.4, -0.2) is 33.3 Å². The molecule has 2 aromatic carbocycles. The van der Waals surface area contributed by atoms with Gasteiger partial charge in [0.2, 0.25) is 5.91 Å². The highest BCUT2D eigenvalue weighted by Gasteiger charge is 2.21. The van der Waals surface area contributed by atoms with Gasteiger partial charge in [-0.2, -0.15) is 0 Å². The number of carbonyl (C=O) groups excluding carboxylic acids is 1. The van der Waals surface area contributed by atoms with Crippen LogP contribution in [0.25, 0.3) is 0 Å². The van der Waals surface area contributed by atoms with Crippen LogP contribution in [0.2, 0.25) is 10.0 Å². The standard InChI is InChI=1S/C19H19Cl2NO5S/c1-12(15-4-2-13(20)10-16(15)21)22-19(23)6-9-28(24,25)14-3-5-17-18(11-14)27-8-7-26-17/h2-5,10-12H,6-9H2,1H3,(H,22,23)/t12-/m0/s1. The third kappa shape index (κ3) is 4.90. The first-order chi connectivity index (χ1) is 13.3. The minimum absolute atomic E-state index is 0.0957. The molecule has 9 heteroatoms. The molecule has 0 saturated carbocycles. The first kappa shape index (κ1) is 20.8. The van der Waals surface area contributed by atoms with Crippen LogP contribution in [0, 0.1) is 0 Å². The Labute approximate surface area is 173 Å². The average Bonchev–Trinajstić information content (AvgIpc) is 2.66. The topological polar surface area (TPSA) is 81.7 Å². The van der Waals surface area contributed by atoms with E-state index >= 15 is 0 Å². The zero-order valence-corrected chi connectivity index (χ0v) is 17.4. The lowest BCUT2D eigenvalue weighted by Crippen LogP contribution is -2.28. The van der Waals surface area contributed by atoms with E-state index in [0.29, 0.717) is 40.3 Å². The fraction of sp³-hybridized carbons (Fsp3) is 0.316. The maximum atomic E-state index is 12.6. The van der Waals surface area contributed by atoms with Crippen molar-refractivity contribution in [3.05, 3.63) is 52.0 Å². The Bertz CT molecular complexity index is 994. The number of fused-ring (bicyclic) bond motifs is 1. The summed E-state index contributed by atoms with van der Waals surface area (Å²) in [7, 11) is -3.64. The van der Waals surface area contributed by atoms with Gasteiger partial charge in [-0.3, -0.25) is 4.79 Å². The Balaban J connectivity index is 1.61. The van der Waals surface area contributed by atoms with E-state index < -0.39 is 9.84 Å². The summed E-state index contributed by atoms with van der Waals surface area (Å²) in [6.45, 7) is 2.56. The van der Waals surface area contributed by atoms with Gasteiger partial charge in [0, 0.05) is 22.5 Å². The van der Waals surface area contributed by atoms with Gasteiger partial charge in [-0.05, 0) is 36.8 Å². The second-order valence-electron chi connectivity index (χ2n) is 6.33. The number of benzene rings is 2. The van der Waals surface area contributed by atoms with Crippen LogP contribution >= 0.6 is 23.2 Å². The molecule has 1 N–H and O–H groups in total. The lowest BCUT2D eigenvalue weighted by Gasteiger charge is -2.19. The van der Waals surface area contributed by atoms with Crippen molar-refractivity contribution < 1.29 is 22.7 Å². The number of hydrogen-bond acceptors (Lipinski definition) is 5. The second kappa shape index (κ2) is 8.59. The Hall–Kier alpha value is -1.96. The van der Waals surface area contributed by atoms with E-state index in [9.17, 15) is 13.2 Å². The fourth-order valence-electron chi connectivity index (χ4n) is 2.81. The van der Waals surface area contributed by atoms with Crippen molar-refractivity contribution in [1.29, 1.82) is 0 Å². The van der Waals surface area contributed by atoms with Crippen molar-refractivity contribution >= 4 is 38.9 Å². The molecule has 1 heterocycles. The molecule has 28 heavy (non-hydrogen) atoms. The molecule has 150 valence electrons. The quantitative estimate of drug-likeness (QED) is 0.733. The minimum atomic E-state index is -3.64. The molecule has 1 aliphatic heterocycles. The molecule has 0 aliphatic carbocycles. The summed E-state index contributed by atoms with van der Waals surface area (Å²) in [5.41, 5.74) is 0.703. The summed E-state index contributed by atoms with van der Waals surface area (Å²) in [4.78, 5) is 12.3. The predicted molar refractivity (Wildman–Crippen MR) is 107 cm³/mol. The Morgan fingerprint density at radius 2 is 1.82 bits per heavy atom. The molecule has 1 atom stereocenters. The highest BCUT2D eigenvalue weighted by atomic mass is 35.5. The van der Waals surface area contributed by atoms with Crippen LogP contribution in [0.5, 0.6) is 11.5 Å². The smallest absolute Gasteiger partial charge is 0.221 e. The molecule has 3 rings (SSSR count). The van der Waals surface area contributed by atoms with E-state index in [1.807, 2.05) is 0 Å². The van der Waals surface area contributed by atoms with Gasteiger partial charge in [0.25, 0.3) is 0 Å². The summed E-state index contributed by atoms with van der Waals surface area (Å²) < 4.78 is 35.9. The average molecular weight is 444 g/mol. The van der Waals surface area contributed by atoms with Crippen molar-refractivity contribution in [3.63, 3.8) is 0 Å². The van der Waals surface area contributed by atoms with Gasteiger partial charge in [-0.1, -0.05) is 29.3 Å². The van der Waals surface area contributed by atoms with Crippen molar-refractivity contribution in [3.8, 4) is 11.5 Å². The second-order valence-corrected chi connectivity index (χ2v) is 9.28. The number of sulfone groups is 1. The van der Waals surface area contributed by atoms with Gasteiger partial charge in [0.15, 0.2) is 21.3 Å². The molecular weight excluding hydrogens is 425 g/mol. The predicted octanol–water partition coefficient (Wildman–Crippen LogP) is 3.81. The molecule has 0 unspecified atom stereocenters. The first-order valence-electron chi connectivity index (χ1n) is 8.63. The molecule has 2 aromatic rings. The molecule has 0 spiro atoms. The Kier molecular flexibility index (Phi) is 6.37. The van der Waals surface area contributed by atoms with Crippen LogP contribution in [0.15, 0.2) is 41.3 Å². The van der Waals surface area contributed by atoms with Crippen molar-refractivity contribution in [1.82, 2.24) is 5.32 Å². The molecule has 0 radical (unpaired) electrons. The number of amides is 1. The van der Waals surface area contributed by atoms with Gasteiger partial charge in [0.05, 0.1) is 16.7 Å². The van der Waals surface area contributed by atoms with Crippen LogP contribution < -0.4 is 14.8 Å². The number of nitrogens with one attached hydrogen (secondary N) is 1. The van der Waals surface area contributed by atoms with E-state index in [-0.39, 0.29) is 29.0 Å². The van der Waals surface area contributed by atoms with Gasteiger partial charge in [-0.25, -0.2) is 8.42 Å². The van der Waals surface area contributed by atoms with Crippen LogP contribution in [0.1, 0.15) is 24.9 Å². The molecule has 1 amide bonds. The van der Waals surface area contributed by atoms with Gasteiger partial charge < -0.3 is 14.8 Å². The van der Waals surface area contributed by atoms with E-state index in [1.54, 1.807) is 31.2 Å². The molecule has 6 nitrogen and oxygen atoms in total. The van der Waals surface area contributed by atoms with Crippen LogP contribution in [0.4, 0.5) is 0 Å².